The molecule has 1 atom stereocenters. The highest BCUT2D eigenvalue weighted by Crippen LogP contribution is 2.28. The van der Waals surface area contributed by atoms with Crippen molar-refractivity contribution < 1.29 is 9.13 Å². The predicted molar refractivity (Wildman–Crippen MR) is 79.4 cm³/mol. The van der Waals surface area contributed by atoms with Crippen molar-refractivity contribution in [2.75, 3.05) is 7.11 Å². The van der Waals surface area contributed by atoms with E-state index in [1.54, 1.807) is 19.2 Å². The average molecular weight is 273 g/mol. The van der Waals surface area contributed by atoms with Gasteiger partial charge in [-0.3, -0.25) is 0 Å². The lowest BCUT2D eigenvalue weighted by atomic mass is 9.84. The van der Waals surface area contributed by atoms with Crippen LogP contribution in [0.5, 0.6) is 5.75 Å². The van der Waals surface area contributed by atoms with Crippen molar-refractivity contribution in [2.45, 2.75) is 25.8 Å². The largest absolute Gasteiger partial charge is 0.497 e. The second-order valence-electron chi connectivity index (χ2n) is 5.37. The van der Waals surface area contributed by atoms with E-state index in [4.69, 9.17) is 10.5 Å². The molecule has 2 aromatic rings. The Morgan fingerprint density at radius 1 is 1.20 bits per heavy atom. The van der Waals surface area contributed by atoms with E-state index in [-0.39, 0.29) is 5.82 Å². The highest BCUT2D eigenvalue weighted by atomic mass is 19.1. The molecule has 0 amide bonds. The molecule has 0 aliphatic carbocycles. The molecular weight excluding hydrogens is 253 g/mol. The summed E-state index contributed by atoms with van der Waals surface area (Å²) < 4.78 is 19.0. The van der Waals surface area contributed by atoms with Crippen LogP contribution in [0.4, 0.5) is 4.39 Å². The van der Waals surface area contributed by atoms with Crippen LogP contribution in [0.1, 0.15) is 23.6 Å². The molecule has 0 heterocycles. The Morgan fingerprint density at radius 3 is 2.50 bits per heavy atom. The molecule has 2 nitrogen and oxygen atoms in total. The molecule has 20 heavy (non-hydrogen) atoms. The van der Waals surface area contributed by atoms with Crippen molar-refractivity contribution in [3.63, 3.8) is 0 Å². The molecule has 3 heteroatoms. The summed E-state index contributed by atoms with van der Waals surface area (Å²) in [5, 5.41) is 0. The Labute approximate surface area is 119 Å². The van der Waals surface area contributed by atoms with Crippen LogP contribution in [-0.2, 0) is 12.0 Å². The van der Waals surface area contributed by atoms with Gasteiger partial charge in [-0.2, -0.15) is 0 Å². The molecule has 0 spiro atoms. The molecule has 0 aliphatic rings. The maximum Gasteiger partial charge on any atom is 0.126 e. The molecule has 106 valence electrons. The Kier molecular flexibility index (Phi) is 4.09. The number of rotatable bonds is 4. The second-order valence-corrected chi connectivity index (χ2v) is 5.37. The van der Waals surface area contributed by atoms with Gasteiger partial charge < -0.3 is 10.5 Å². The molecule has 0 saturated carbocycles. The van der Waals surface area contributed by atoms with Crippen LogP contribution in [0.15, 0.2) is 42.5 Å². The van der Waals surface area contributed by atoms with Gasteiger partial charge in [0.2, 0.25) is 0 Å². The van der Waals surface area contributed by atoms with Crippen LogP contribution in [0.3, 0.4) is 0 Å². The van der Waals surface area contributed by atoms with E-state index in [0.717, 1.165) is 16.9 Å². The second kappa shape index (κ2) is 5.63. The smallest absolute Gasteiger partial charge is 0.126 e. The summed E-state index contributed by atoms with van der Waals surface area (Å²) in [4.78, 5) is 0. The molecule has 0 radical (unpaired) electrons. The number of methoxy groups -OCH3 is 1. The number of benzene rings is 2. The third-order valence-corrected chi connectivity index (χ3v) is 3.56. The SMILES string of the molecule is COc1ccc(C(C)(N)Cc2ccccc2F)c(C)c1. The van der Waals surface area contributed by atoms with Crippen LogP contribution in [0.2, 0.25) is 0 Å². The molecule has 2 N–H and O–H groups in total. The van der Waals surface area contributed by atoms with E-state index in [1.165, 1.54) is 6.07 Å². The third kappa shape index (κ3) is 2.99. The number of hydrogen-bond acceptors (Lipinski definition) is 2. The highest BCUT2D eigenvalue weighted by molar-refractivity contribution is 5.39. The van der Waals surface area contributed by atoms with Crippen molar-refractivity contribution in [1.82, 2.24) is 0 Å². The fourth-order valence-corrected chi connectivity index (χ4v) is 2.54. The zero-order chi connectivity index (χ0) is 14.8. The number of hydrogen-bond donors (Lipinski definition) is 1. The van der Waals surface area contributed by atoms with E-state index in [1.807, 2.05) is 38.1 Å². The number of halogens is 1. The minimum atomic E-state index is -0.626. The van der Waals surface area contributed by atoms with Crippen molar-refractivity contribution in [1.29, 1.82) is 0 Å². The molecule has 0 bridgehead atoms. The molecule has 1 unspecified atom stereocenters. The lowest BCUT2D eigenvalue weighted by Gasteiger charge is -2.27. The van der Waals surface area contributed by atoms with E-state index in [2.05, 4.69) is 0 Å². The molecule has 2 aromatic carbocycles. The summed E-state index contributed by atoms with van der Waals surface area (Å²) >= 11 is 0. The molecule has 0 aromatic heterocycles. The van der Waals surface area contributed by atoms with Crippen molar-refractivity contribution in [3.8, 4) is 5.75 Å². The Bertz CT molecular complexity index is 608. The molecule has 0 saturated heterocycles. The van der Waals surface area contributed by atoms with Gasteiger partial charge in [0.25, 0.3) is 0 Å². The summed E-state index contributed by atoms with van der Waals surface area (Å²) in [6, 6.07) is 12.5. The molecule has 0 aliphatic heterocycles. The number of nitrogens with two attached hydrogens (primary N) is 1. The van der Waals surface area contributed by atoms with Gasteiger partial charge in [0, 0.05) is 5.54 Å². The van der Waals surface area contributed by atoms with E-state index in [0.29, 0.717) is 12.0 Å². The van der Waals surface area contributed by atoms with Gasteiger partial charge in [0.05, 0.1) is 7.11 Å². The van der Waals surface area contributed by atoms with Gasteiger partial charge in [-0.1, -0.05) is 24.3 Å². The summed E-state index contributed by atoms with van der Waals surface area (Å²) in [6.07, 6.45) is 0.451. The van der Waals surface area contributed by atoms with Crippen LogP contribution in [0.25, 0.3) is 0 Å². The summed E-state index contributed by atoms with van der Waals surface area (Å²) in [7, 11) is 1.63. The Morgan fingerprint density at radius 2 is 1.90 bits per heavy atom. The van der Waals surface area contributed by atoms with Crippen LogP contribution < -0.4 is 10.5 Å². The van der Waals surface area contributed by atoms with Crippen LogP contribution >= 0.6 is 0 Å². The Balaban J connectivity index is 2.33. The van der Waals surface area contributed by atoms with Gasteiger partial charge in [-0.15, -0.1) is 0 Å². The molecule has 0 fully saturated rings. The normalized spacial score (nSPS) is 13.8. The first kappa shape index (κ1) is 14.5. The van der Waals surface area contributed by atoms with Crippen LogP contribution in [-0.4, -0.2) is 7.11 Å². The number of ether oxygens (including phenoxy) is 1. The fraction of sp³-hybridized carbons (Fsp3) is 0.294. The lowest BCUT2D eigenvalue weighted by Crippen LogP contribution is -2.36. The van der Waals surface area contributed by atoms with Crippen molar-refractivity contribution in [2.24, 2.45) is 5.73 Å². The van der Waals surface area contributed by atoms with Gasteiger partial charge in [0.15, 0.2) is 0 Å². The highest BCUT2D eigenvalue weighted by Gasteiger charge is 2.25. The average Bonchev–Trinajstić information content (AvgIpc) is 2.40. The minimum absolute atomic E-state index is 0.213. The summed E-state index contributed by atoms with van der Waals surface area (Å²) in [5.74, 6) is 0.586. The maximum absolute atomic E-state index is 13.8. The first-order chi connectivity index (χ1) is 9.44. The van der Waals surface area contributed by atoms with E-state index in [9.17, 15) is 4.39 Å². The Hall–Kier alpha value is -1.87. The zero-order valence-corrected chi connectivity index (χ0v) is 12.1. The van der Waals surface area contributed by atoms with E-state index >= 15 is 0 Å². The summed E-state index contributed by atoms with van der Waals surface area (Å²) in [6.45, 7) is 3.92. The van der Waals surface area contributed by atoms with Gasteiger partial charge in [-0.25, -0.2) is 4.39 Å². The molecule has 2 rings (SSSR count). The quantitative estimate of drug-likeness (QED) is 0.924. The van der Waals surface area contributed by atoms with E-state index < -0.39 is 5.54 Å². The van der Waals surface area contributed by atoms with Gasteiger partial charge >= 0.3 is 0 Å². The topological polar surface area (TPSA) is 35.2 Å². The van der Waals surface area contributed by atoms with Crippen molar-refractivity contribution >= 4 is 0 Å². The summed E-state index contributed by atoms with van der Waals surface area (Å²) in [5.41, 5.74) is 8.48. The third-order valence-electron chi connectivity index (χ3n) is 3.56. The standard InChI is InChI=1S/C17H20FNO/c1-12-10-14(20-3)8-9-15(12)17(2,19)11-13-6-4-5-7-16(13)18/h4-10H,11,19H2,1-3H3. The fourth-order valence-electron chi connectivity index (χ4n) is 2.54. The first-order valence-electron chi connectivity index (χ1n) is 6.61. The van der Waals surface area contributed by atoms with Gasteiger partial charge in [0.1, 0.15) is 11.6 Å². The zero-order valence-electron chi connectivity index (χ0n) is 12.1. The maximum atomic E-state index is 13.8. The van der Waals surface area contributed by atoms with Crippen LogP contribution in [0, 0.1) is 12.7 Å². The predicted octanol–water partition coefficient (Wildman–Crippen LogP) is 3.56. The molecular formula is C17H20FNO. The van der Waals surface area contributed by atoms with Crippen molar-refractivity contribution in [3.05, 3.63) is 65.0 Å². The number of aryl methyl sites for hydroxylation is 1. The first-order valence-corrected chi connectivity index (χ1v) is 6.61. The lowest BCUT2D eigenvalue weighted by molar-refractivity contribution is 0.412. The van der Waals surface area contributed by atoms with Gasteiger partial charge in [-0.05, 0) is 55.2 Å². The monoisotopic (exact) mass is 273 g/mol. The minimum Gasteiger partial charge on any atom is -0.497 e.